The number of aryl methyl sites for hydroxylation is 2. The van der Waals surface area contributed by atoms with Crippen molar-refractivity contribution >= 4 is 17.8 Å². The Hall–Kier alpha value is -3.15. The van der Waals surface area contributed by atoms with Gasteiger partial charge in [0, 0.05) is 18.2 Å². The summed E-state index contributed by atoms with van der Waals surface area (Å²) in [5, 5.41) is 5.49. The average Bonchev–Trinajstić information content (AvgIpc) is 2.68. The van der Waals surface area contributed by atoms with E-state index in [-0.39, 0.29) is 24.5 Å². The first kappa shape index (κ1) is 23.1. The van der Waals surface area contributed by atoms with Crippen LogP contribution in [0.25, 0.3) is 0 Å². The number of hydrogen-bond acceptors (Lipinski definition) is 4. The van der Waals surface area contributed by atoms with Gasteiger partial charge in [0.25, 0.3) is 0 Å². The summed E-state index contributed by atoms with van der Waals surface area (Å²) in [6, 6.07) is 8.52. The van der Waals surface area contributed by atoms with Crippen LogP contribution >= 0.6 is 0 Å². The molecule has 0 spiro atoms. The van der Waals surface area contributed by atoms with Gasteiger partial charge in [0.15, 0.2) is 6.61 Å². The van der Waals surface area contributed by atoms with Gasteiger partial charge >= 0.3 is 12.0 Å². The number of benzene rings is 2. The molecule has 2 amide bonds. The lowest BCUT2D eigenvalue weighted by molar-refractivity contribution is 0.0474. The number of rotatable bonds is 7. The van der Waals surface area contributed by atoms with E-state index < -0.39 is 5.97 Å². The minimum Gasteiger partial charge on any atom is -0.454 e. The average molecular weight is 411 g/mol. The van der Waals surface area contributed by atoms with Crippen LogP contribution in [-0.4, -0.2) is 30.4 Å². The van der Waals surface area contributed by atoms with E-state index in [0.717, 1.165) is 27.8 Å². The number of amides is 2. The molecular weight excluding hydrogens is 380 g/mol. The fourth-order valence-electron chi connectivity index (χ4n) is 3.25. The van der Waals surface area contributed by atoms with Crippen molar-refractivity contribution in [2.24, 2.45) is 0 Å². The smallest absolute Gasteiger partial charge is 0.338 e. The van der Waals surface area contributed by atoms with Crippen molar-refractivity contribution < 1.29 is 19.1 Å². The topological polar surface area (TPSA) is 84.5 Å². The Morgan fingerprint density at radius 2 is 1.57 bits per heavy atom. The predicted octanol–water partition coefficient (Wildman–Crippen LogP) is 4.17. The van der Waals surface area contributed by atoms with E-state index in [1.165, 1.54) is 0 Å². The maximum atomic E-state index is 12.6. The molecule has 0 aromatic heterocycles. The van der Waals surface area contributed by atoms with E-state index in [1.807, 2.05) is 47.6 Å². The second-order valence-corrected chi connectivity index (χ2v) is 7.81. The minimum absolute atomic E-state index is 0.0567. The Kier molecular flexibility index (Phi) is 7.75. The molecule has 0 aliphatic rings. The van der Waals surface area contributed by atoms with Crippen molar-refractivity contribution in [2.75, 3.05) is 6.61 Å². The van der Waals surface area contributed by atoms with Crippen molar-refractivity contribution in [3.05, 3.63) is 69.3 Å². The highest BCUT2D eigenvalue weighted by molar-refractivity contribution is 6.01. The summed E-state index contributed by atoms with van der Waals surface area (Å²) >= 11 is 0. The van der Waals surface area contributed by atoms with Crippen LogP contribution < -0.4 is 10.6 Å². The molecule has 2 rings (SSSR count). The van der Waals surface area contributed by atoms with Crippen LogP contribution in [0.3, 0.4) is 0 Å². The predicted molar refractivity (Wildman–Crippen MR) is 117 cm³/mol. The van der Waals surface area contributed by atoms with Crippen LogP contribution in [-0.2, 0) is 11.3 Å². The minimum atomic E-state index is -0.556. The Bertz CT molecular complexity index is 947. The van der Waals surface area contributed by atoms with Crippen LogP contribution in [0.2, 0.25) is 0 Å². The SMILES string of the molecule is Cc1cc(C)c(C(=O)COC(=O)c2ccc(CNC(=O)NC(C)C)cc2)c(C)c1C. The monoisotopic (exact) mass is 410 g/mol. The van der Waals surface area contributed by atoms with Gasteiger partial charge in [-0.3, -0.25) is 4.79 Å². The Balaban J connectivity index is 1.95. The number of ether oxygens (including phenoxy) is 1. The lowest BCUT2D eigenvalue weighted by Crippen LogP contribution is -2.39. The Morgan fingerprint density at radius 1 is 0.933 bits per heavy atom. The number of carbonyl (C=O) groups is 3. The van der Waals surface area contributed by atoms with E-state index in [1.54, 1.807) is 24.3 Å². The zero-order valence-corrected chi connectivity index (χ0v) is 18.5. The van der Waals surface area contributed by atoms with E-state index >= 15 is 0 Å². The van der Waals surface area contributed by atoms with Gasteiger partial charge in [-0.1, -0.05) is 18.2 Å². The maximum Gasteiger partial charge on any atom is 0.338 e. The molecule has 2 aromatic carbocycles. The molecule has 0 bridgehead atoms. The van der Waals surface area contributed by atoms with Crippen molar-refractivity contribution in [3.8, 4) is 0 Å². The second kappa shape index (κ2) is 10.1. The highest BCUT2D eigenvalue weighted by Crippen LogP contribution is 2.22. The van der Waals surface area contributed by atoms with E-state index in [2.05, 4.69) is 10.6 Å². The van der Waals surface area contributed by atoms with Crippen molar-refractivity contribution in [2.45, 2.75) is 54.1 Å². The molecule has 6 heteroatoms. The summed E-state index contributed by atoms with van der Waals surface area (Å²) < 4.78 is 5.24. The number of carbonyl (C=O) groups excluding carboxylic acids is 3. The van der Waals surface area contributed by atoms with E-state index in [4.69, 9.17) is 4.74 Å². The number of Topliss-reactive ketones (excluding diaryl/α,β-unsaturated/α-hetero) is 1. The molecule has 0 saturated heterocycles. The summed E-state index contributed by atoms with van der Waals surface area (Å²) in [6.07, 6.45) is 0. The molecule has 0 aliphatic carbocycles. The van der Waals surface area contributed by atoms with Gasteiger partial charge in [-0.05, 0) is 81.5 Å². The van der Waals surface area contributed by atoms with Crippen molar-refractivity contribution in [3.63, 3.8) is 0 Å². The first-order valence-corrected chi connectivity index (χ1v) is 10.0. The van der Waals surface area contributed by atoms with Gasteiger partial charge in [0.05, 0.1) is 5.56 Å². The van der Waals surface area contributed by atoms with Crippen molar-refractivity contribution in [1.29, 1.82) is 0 Å². The van der Waals surface area contributed by atoms with Crippen LogP contribution in [0.5, 0.6) is 0 Å². The van der Waals surface area contributed by atoms with Crippen LogP contribution in [0.4, 0.5) is 4.79 Å². The fraction of sp³-hybridized carbons (Fsp3) is 0.375. The standard InChI is InChI=1S/C24H30N2O4/c1-14(2)26-24(29)25-12-19-7-9-20(10-8-19)23(28)30-13-21(27)22-16(4)11-15(3)17(5)18(22)6/h7-11,14H,12-13H2,1-6H3,(H2,25,26,29). The number of nitrogens with one attached hydrogen (secondary N) is 2. The lowest BCUT2D eigenvalue weighted by Gasteiger charge is -2.14. The number of esters is 1. The van der Waals surface area contributed by atoms with Crippen LogP contribution in [0, 0.1) is 27.7 Å². The molecule has 0 aliphatic heterocycles. The largest absolute Gasteiger partial charge is 0.454 e. The quantitative estimate of drug-likeness (QED) is 0.530. The molecule has 30 heavy (non-hydrogen) atoms. The number of ketones is 1. The maximum absolute atomic E-state index is 12.6. The van der Waals surface area contributed by atoms with Gasteiger partial charge in [-0.25, -0.2) is 9.59 Å². The van der Waals surface area contributed by atoms with Crippen LogP contribution in [0.1, 0.15) is 62.4 Å². The zero-order chi connectivity index (χ0) is 22.4. The van der Waals surface area contributed by atoms with Gasteiger partial charge < -0.3 is 15.4 Å². The molecule has 6 nitrogen and oxygen atoms in total. The summed E-state index contributed by atoms with van der Waals surface area (Å²) in [6.45, 7) is 11.6. The highest BCUT2D eigenvalue weighted by atomic mass is 16.5. The third-order valence-corrected chi connectivity index (χ3v) is 5.03. The number of urea groups is 1. The second-order valence-electron chi connectivity index (χ2n) is 7.81. The Morgan fingerprint density at radius 3 is 2.17 bits per heavy atom. The van der Waals surface area contributed by atoms with Crippen molar-refractivity contribution in [1.82, 2.24) is 10.6 Å². The molecule has 0 fully saturated rings. The Labute approximate surface area is 178 Å². The summed E-state index contributed by atoms with van der Waals surface area (Å²) in [5.41, 5.74) is 5.83. The molecule has 2 aromatic rings. The van der Waals surface area contributed by atoms with Crippen LogP contribution in [0.15, 0.2) is 30.3 Å². The van der Waals surface area contributed by atoms with Gasteiger partial charge in [-0.15, -0.1) is 0 Å². The summed E-state index contributed by atoms with van der Waals surface area (Å²) in [4.78, 5) is 36.6. The molecule has 0 radical (unpaired) electrons. The molecule has 160 valence electrons. The fourth-order valence-corrected chi connectivity index (χ4v) is 3.25. The number of hydrogen-bond donors (Lipinski definition) is 2. The zero-order valence-electron chi connectivity index (χ0n) is 18.5. The molecule has 0 unspecified atom stereocenters. The van der Waals surface area contributed by atoms with Gasteiger partial charge in [0.1, 0.15) is 0 Å². The van der Waals surface area contributed by atoms with E-state index in [0.29, 0.717) is 17.7 Å². The molecule has 0 atom stereocenters. The third-order valence-electron chi connectivity index (χ3n) is 5.03. The van der Waals surface area contributed by atoms with Gasteiger partial charge in [0.2, 0.25) is 5.78 Å². The molecular formula is C24H30N2O4. The molecule has 2 N–H and O–H groups in total. The highest BCUT2D eigenvalue weighted by Gasteiger charge is 2.18. The molecule has 0 saturated carbocycles. The lowest BCUT2D eigenvalue weighted by atomic mass is 9.92. The third kappa shape index (κ3) is 5.92. The van der Waals surface area contributed by atoms with E-state index in [9.17, 15) is 14.4 Å². The molecule has 0 heterocycles. The first-order valence-electron chi connectivity index (χ1n) is 10.0. The normalized spacial score (nSPS) is 10.6. The first-order chi connectivity index (χ1) is 14.1. The summed E-state index contributed by atoms with van der Waals surface area (Å²) in [5.74, 6) is -0.766. The summed E-state index contributed by atoms with van der Waals surface area (Å²) in [7, 11) is 0. The van der Waals surface area contributed by atoms with Gasteiger partial charge in [-0.2, -0.15) is 0 Å².